The average molecular weight is 338 g/mol. The summed E-state index contributed by atoms with van der Waals surface area (Å²) in [6.45, 7) is 4.37. The highest BCUT2D eigenvalue weighted by atomic mass is 32.2. The Morgan fingerprint density at radius 2 is 1.83 bits per heavy atom. The Morgan fingerprint density at radius 3 is 2.62 bits per heavy atom. The summed E-state index contributed by atoms with van der Waals surface area (Å²) in [6.07, 6.45) is 1.98. The second kappa shape index (κ2) is 6.71. The second-order valence-electron chi connectivity index (χ2n) is 6.68. The number of rotatable bonds is 2. The van der Waals surface area contributed by atoms with E-state index in [-0.39, 0.29) is 0 Å². The average Bonchev–Trinajstić information content (AvgIpc) is 2.78. The summed E-state index contributed by atoms with van der Waals surface area (Å²) in [4.78, 5) is 18.9. The first-order chi connectivity index (χ1) is 11.7. The predicted octanol–water partition coefficient (Wildman–Crippen LogP) is 3.49. The number of hydrogen-bond donors (Lipinski definition) is 0. The van der Waals surface area contributed by atoms with Crippen LogP contribution in [0.3, 0.4) is 0 Å². The van der Waals surface area contributed by atoms with Crippen LogP contribution in [0.1, 0.15) is 27.5 Å². The number of likely N-dealkylation sites (N-methyl/N-ethyl adjacent to an activating group) is 1. The minimum absolute atomic E-state index is 0.352. The van der Waals surface area contributed by atoms with Gasteiger partial charge < -0.3 is 4.90 Å². The molecule has 2 aliphatic heterocycles. The van der Waals surface area contributed by atoms with Crippen molar-refractivity contribution in [3.63, 3.8) is 0 Å². The Labute approximate surface area is 147 Å². The zero-order valence-corrected chi connectivity index (χ0v) is 14.8. The summed E-state index contributed by atoms with van der Waals surface area (Å²) in [5, 5.41) is 0. The van der Waals surface area contributed by atoms with Crippen molar-refractivity contribution in [3.8, 4) is 0 Å². The Hall–Kier alpha value is -1.62. The van der Waals surface area contributed by atoms with Crippen LogP contribution in [0.5, 0.6) is 0 Å². The van der Waals surface area contributed by atoms with Crippen molar-refractivity contribution in [2.75, 3.05) is 33.2 Å². The molecule has 0 aliphatic carbocycles. The van der Waals surface area contributed by atoms with Crippen molar-refractivity contribution in [1.82, 2.24) is 9.80 Å². The molecular formula is C20H22N2OS. The van der Waals surface area contributed by atoms with Gasteiger partial charge in [0.25, 0.3) is 0 Å². The van der Waals surface area contributed by atoms with Crippen LogP contribution in [0.15, 0.2) is 52.3 Å². The molecule has 0 amide bonds. The van der Waals surface area contributed by atoms with Crippen LogP contribution in [-0.2, 0) is 6.42 Å². The first-order valence-corrected chi connectivity index (χ1v) is 9.34. The van der Waals surface area contributed by atoms with Gasteiger partial charge in [-0.1, -0.05) is 36.0 Å². The van der Waals surface area contributed by atoms with Gasteiger partial charge in [-0.15, -0.1) is 0 Å². The van der Waals surface area contributed by atoms with E-state index < -0.39 is 0 Å². The smallest absolute Gasteiger partial charge is 0.150 e. The van der Waals surface area contributed by atoms with Gasteiger partial charge in [-0.25, -0.2) is 0 Å². The van der Waals surface area contributed by atoms with Crippen LogP contribution in [0.25, 0.3) is 0 Å². The molecular weight excluding hydrogens is 316 g/mol. The largest absolute Gasteiger partial charge is 0.304 e. The Balaban J connectivity index is 1.77. The molecule has 2 aromatic carbocycles. The highest BCUT2D eigenvalue weighted by Gasteiger charge is 2.29. The van der Waals surface area contributed by atoms with Crippen molar-refractivity contribution in [3.05, 3.63) is 59.2 Å². The summed E-state index contributed by atoms with van der Waals surface area (Å²) < 4.78 is 0. The maximum Gasteiger partial charge on any atom is 0.150 e. The first-order valence-electron chi connectivity index (χ1n) is 8.52. The van der Waals surface area contributed by atoms with E-state index in [9.17, 15) is 4.79 Å². The van der Waals surface area contributed by atoms with E-state index >= 15 is 0 Å². The topological polar surface area (TPSA) is 23.6 Å². The molecule has 0 bridgehead atoms. The quantitative estimate of drug-likeness (QED) is 0.782. The molecule has 0 radical (unpaired) electrons. The summed E-state index contributed by atoms with van der Waals surface area (Å²) >= 11 is 1.84. The van der Waals surface area contributed by atoms with Gasteiger partial charge in [0.2, 0.25) is 0 Å². The van der Waals surface area contributed by atoms with Crippen LogP contribution in [0.2, 0.25) is 0 Å². The van der Waals surface area contributed by atoms with Crippen LogP contribution in [-0.4, -0.2) is 49.3 Å². The van der Waals surface area contributed by atoms with Crippen LogP contribution >= 0.6 is 11.8 Å². The number of benzene rings is 2. The van der Waals surface area contributed by atoms with Gasteiger partial charge in [0, 0.05) is 47.6 Å². The molecule has 1 atom stereocenters. The number of carbonyl (C=O) groups is 1. The van der Waals surface area contributed by atoms with Gasteiger partial charge in [-0.05, 0) is 42.8 Å². The van der Waals surface area contributed by atoms with E-state index in [1.165, 1.54) is 20.9 Å². The van der Waals surface area contributed by atoms with E-state index in [0.29, 0.717) is 6.04 Å². The third-order valence-corrected chi connectivity index (χ3v) is 6.32. The first kappa shape index (κ1) is 15.9. The highest BCUT2D eigenvalue weighted by Crippen LogP contribution is 2.43. The van der Waals surface area contributed by atoms with Gasteiger partial charge >= 0.3 is 0 Å². The number of aldehydes is 1. The maximum absolute atomic E-state index is 11.3. The summed E-state index contributed by atoms with van der Waals surface area (Å²) in [7, 11) is 2.19. The predicted molar refractivity (Wildman–Crippen MR) is 97.9 cm³/mol. The normalized spacial score (nSPS) is 21.6. The molecule has 1 saturated heterocycles. The second-order valence-corrected chi connectivity index (χ2v) is 7.77. The minimum Gasteiger partial charge on any atom is -0.304 e. The van der Waals surface area contributed by atoms with E-state index in [0.717, 1.165) is 44.4 Å². The monoisotopic (exact) mass is 338 g/mol. The molecule has 0 unspecified atom stereocenters. The van der Waals surface area contributed by atoms with Crippen LogP contribution in [0.4, 0.5) is 0 Å². The number of carbonyl (C=O) groups excluding carboxylic acids is 1. The molecule has 1 fully saturated rings. The lowest BCUT2D eigenvalue weighted by Gasteiger charge is -2.38. The zero-order valence-electron chi connectivity index (χ0n) is 13.9. The van der Waals surface area contributed by atoms with Crippen molar-refractivity contribution in [2.45, 2.75) is 22.3 Å². The number of nitrogens with zero attached hydrogens (tertiary/aromatic N) is 2. The highest BCUT2D eigenvalue weighted by molar-refractivity contribution is 7.99. The summed E-state index contributed by atoms with van der Waals surface area (Å²) in [6, 6.07) is 15.2. The van der Waals surface area contributed by atoms with E-state index in [1.54, 1.807) is 0 Å². The molecule has 24 heavy (non-hydrogen) atoms. The van der Waals surface area contributed by atoms with Gasteiger partial charge in [-0.3, -0.25) is 9.69 Å². The summed E-state index contributed by atoms with van der Waals surface area (Å²) in [5.41, 5.74) is 3.50. The molecule has 124 valence electrons. The fraction of sp³-hybridized carbons (Fsp3) is 0.350. The molecule has 2 heterocycles. The number of piperazine rings is 1. The standard InChI is InChI=1S/C20H22N2OS/c1-21-8-10-22(11-9-21)18-13-16-4-2-3-5-19(16)24-20-7-6-15(14-23)12-17(18)20/h2-7,12,14,18H,8-11,13H2,1H3/t18-/m0/s1. The lowest BCUT2D eigenvalue weighted by atomic mass is 9.95. The molecule has 2 aliphatic rings. The van der Waals surface area contributed by atoms with E-state index in [2.05, 4.69) is 53.2 Å². The van der Waals surface area contributed by atoms with Gasteiger partial charge in [-0.2, -0.15) is 0 Å². The minimum atomic E-state index is 0.352. The molecule has 0 spiro atoms. The fourth-order valence-electron chi connectivity index (χ4n) is 3.66. The van der Waals surface area contributed by atoms with E-state index in [1.807, 2.05) is 17.8 Å². The number of hydrogen-bond acceptors (Lipinski definition) is 4. The Bertz CT molecular complexity index is 753. The third-order valence-electron chi connectivity index (χ3n) is 5.11. The van der Waals surface area contributed by atoms with Crippen molar-refractivity contribution in [1.29, 1.82) is 0 Å². The number of fused-ring (bicyclic) bond motifs is 2. The zero-order chi connectivity index (χ0) is 16.5. The van der Waals surface area contributed by atoms with Gasteiger partial charge in [0.05, 0.1) is 0 Å². The molecule has 3 nitrogen and oxygen atoms in total. The van der Waals surface area contributed by atoms with Crippen molar-refractivity contribution >= 4 is 18.0 Å². The van der Waals surface area contributed by atoms with Crippen molar-refractivity contribution in [2.24, 2.45) is 0 Å². The summed E-state index contributed by atoms with van der Waals surface area (Å²) in [5.74, 6) is 0. The maximum atomic E-state index is 11.3. The SMILES string of the molecule is CN1CCN([C@H]2Cc3ccccc3Sc3ccc(C=O)cc32)CC1. The van der Waals surface area contributed by atoms with Crippen molar-refractivity contribution < 1.29 is 4.79 Å². The van der Waals surface area contributed by atoms with Crippen LogP contribution < -0.4 is 0 Å². The van der Waals surface area contributed by atoms with Gasteiger partial charge in [0.1, 0.15) is 6.29 Å². The molecule has 0 saturated carbocycles. The Kier molecular flexibility index (Phi) is 4.44. The molecule has 4 heteroatoms. The van der Waals surface area contributed by atoms with Crippen LogP contribution in [0, 0.1) is 0 Å². The lowest BCUT2D eigenvalue weighted by Crippen LogP contribution is -2.46. The van der Waals surface area contributed by atoms with E-state index in [4.69, 9.17) is 0 Å². The third kappa shape index (κ3) is 3.02. The molecule has 0 N–H and O–H groups in total. The molecule has 2 aromatic rings. The lowest BCUT2D eigenvalue weighted by molar-refractivity contribution is 0.109. The molecule has 0 aromatic heterocycles. The Morgan fingerprint density at radius 1 is 1.04 bits per heavy atom. The van der Waals surface area contributed by atoms with Gasteiger partial charge in [0.15, 0.2) is 0 Å². The fourth-order valence-corrected chi connectivity index (χ4v) is 4.78. The molecule has 4 rings (SSSR count).